The lowest BCUT2D eigenvalue weighted by Gasteiger charge is -2.00. The van der Waals surface area contributed by atoms with Gasteiger partial charge in [0.25, 0.3) is 0 Å². The summed E-state index contributed by atoms with van der Waals surface area (Å²) in [5.74, 6) is -0.228. The van der Waals surface area contributed by atoms with Gasteiger partial charge >= 0.3 is 0 Å². The van der Waals surface area contributed by atoms with Gasteiger partial charge in [-0.05, 0) is 25.2 Å². The van der Waals surface area contributed by atoms with Crippen molar-refractivity contribution in [2.75, 3.05) is 7.05 Å². The Kier molecular flexibility index (Phi) is 3.01. The molecule has 0 radical (unpaired) electrons. The number of nitrogens with one attached hydrogen (secondary N) is 1. The highest BCUT2D eigenvalue weighted by molar-refractivity contribution is 5.59. The zero-order chi connectivity index (χ0) is 11.5. The van der Waals surface area contributed by atoms with Crippen LogP contribution in [0.3, 0.4) is 0 Å². The SMILES string of the molecule is CNCc1cc(-c2cccc(F)c2)n(C)n1. The number of nitrogens with zero attached hydrogens (tertiary/aromatic N) is 2. The Bertz CT molecular complexity index is 491. The Hall–Kier alpha value is -1.68. The van der Waals surface area contributed by atoms with Gasteiger partial charge in [0.2, 0.25) is 0 Å². The molecule has 0 aliphatic heterocycles. The van der Waals surface area contributed by atoms with Crippen LogP contribution in [0.2, 0.25) is 0 Å². The fourth-order valence-corrected chi connectivity index (χ4v) is 1.71. The zero-order valence-corrected chi connectivity index (χ0v) is 9.37. The first kappa shape index (κ1) is 10.8. The number of aromatic nitrogens is 2. The van der Waals surface area contributed by atoms with Crippen molar-refractivity contribution in [1.82, 2.24) is 15.1 Å². The van der Waals surface area contributed by atoms with Gasteiger partial charge in [-0.2, -0.15) is 5.10 Å². The van der Waals surface area contributed by atoms with Gasteiger partial charge < -0.3 is 5.32 Å². The Morgan fingerprint density at radius 2 is 2.19 bits per heavy atom. The molecule has 0 saturated carbocycles. The molecule has 0 bridgehead atoms. The van der Waals surface area contributed by atoms with E-state index in [1.54, 1.807) is 10.7 Å². The summed E-state index contributed by atoms with van der Waals surface area (Å²) < 4.78 is 14.9. The normalized spacial score (nSPS) is 10.7. The minimum atomic E-state index is -0.228. The fourth-order valence-electron chi connectivity index (χ4n) is 1.71. The molecule has 1 aromatic carbocycles. The minimum Gasteiger partial charge on any atom is -0.314 e. The van der Waals surface area contributed by atoms with E-state index in [-0.39, 0.29) is 5.82 Å². The minimum absolute atomic E-state index is 0.228. The summed E-state index contributed by atoms with van der Waals surface area (Å²) in [4.78, 5) is 0. The number of hydrogen-bond acceptors (Lipinski definition) is 2. The van der Waals surface area contributed by atoms with Crippen molar-refractivity contribution in [2.45, 2.75) is 6.54 Å². The number of rotatable bonds is 3. The van der Waals surface area contributed by atoms with Crippen molar-refractivity contribution in [1.29, 1.82) is 0 Å². The van der Waals surface area contributed by atoms with Crippen molar-refractivity contribution in [3.63, 3.8) is 0 Å². The smallest absolute Gasteiger partial charge is 0.123 e. The molecule has 1 N–H and O–H groups in total. The van der Waals surface area contributed by atoms with E-state index in [9.17, 15) is 4.39 Å². The second-order valence-corrected chi connectivity index (χ2v) is 3.69. The summed E-state index contributed by atoms with van der Waals surface area (Å²) >= 11 is 0. The standard InChI is InChI=1S/C12H14FN3/c1-14-8-11-7-12(16(2)15-11)9-4-3-5-10(13)6-9/h3-7,14H,8H2,1-2H3. The maximum absolute atomic E-state index is 13.1. The largest absolute Gasteiger partial charge is 0.314 e. The number of aryl methyl sites for hydroxylation is 1. The van der Waals surface area contributed by atoms with Crippen molar-refractivity contribution in [2.24, 2.45) is 7.05 Å². The summed E-state index contributed by atoms with van der Waals surface area (Å²) in [5, 5.41) is 7.38. The van der Waals surface area contributed by atoms with Crippen LogP contribution in [0.1, 0.15) is 5.69 Å². The van der Waals surface area contributed by atoms with Crippen LogP contribution in [0.25, 0.3) is 11.3 Å². The van der Waals surface area contributed by atoms with Crippen molar-refractivity contribution >= 4 is 0 Å². The Labute approximate surface area is 93.9 Å². The van der Waals surface area contributed by atoms with Gasteiger partial charge in [0.1, 0.15) is 5.82 Å². The molecule has 4 heteroatoms. The van der Waals surface area contributed by atoms with Crippen molar-refractivity contribution < 1.29 is 4.39 Å². The predicted octanol–water partition coefficient (Wildman–Crippen LogP) is 1.95. The van der Waals surface area contributed by atoms with E-state index in [4.69, 9.17) is 0 Å². The number of halogens is 1. The quantitative estimate of drug-likeness (QED) is 0.855. The van der Waals surface area contributed by atoms with Gasteiger partial charge in [0, 0.05) is 19.2 Å². The molecule has 16 heavy (non-hydrogen) atoms. The highest BCUT2D eigenvalue weighted by Gasteiger charge is 2.07. The lowest BCUT2D eigenvalue weighted by atomic mass is 10.1. The van der Waals surface area contributed by atoms with E-state index in [1.807, 2.05) is 26.2 Å². The second kappa shape index (κ2) is 4.45. The van der Waals surface area contributed by atoms with Crippen molar-refractivity contribution in [3.8, 4) is 11.3 Å². The average Bonchev–Trinajstić information content (AvgIpc) is 2.60. The van der Waals surface area contributed by atoms with Gasteiger partial charge in [0.15, 0.2) is 0 Å². The lowest BCUT2D eigenvalue weighted by molar-refractivity contribution is 0.628. The molecule has 0 spiro atoms. The number of hydrogen-bond donors (Lipinski definition) is 1. The molecule has 3 nitrogen and oxygen atoms in total. The molecular formula is C12H14FN3. The molecule has 0 atom stereocenters. The third-order valence-electron chi connectivity index (χ3n) is 2.41. The maximum atomic E-state index is 13.1. The van der Waals surface area contributed by atoms with E-state index < -0.39 is 0 Å². The number of benzene rings is 1. The van der Waals surface area contributed by atoms with Gasteiger partial charge in [0.05, 0.1) is 11.4 Å². The summed E-state index contributed by atoms with van der Waals surface area (Å²) in [5.41, 5.74) is 2.71. The van der Waals surface area contributed by atoms with Crippen LogP contribution in [0.15, 0.2) is 30.3 Å². The van der Waals surface area contributed by atoms with Crippen LogP contribution >= 0.6 is 0 Å². The molecule has 1 heterocycles. The van der Waals surface area contributed by atoms with E-state index in [1.165, 1.54) is 12.1 Å². The first-order chi connectivity index (χ1) is 7.70. The molecule has 2 aromatic rings. The molecule has 0 aliphatic carbocycles. The van der Waals surface area contributed by atoms with Crippen LogP contribution in [-0.4, -0.2) is 16.8 Å². The van der Waals surface area contributed by atoms with E-state index >= 15 is 0 Å². The van der Waals surface area contributed by atoms with Crippen LogP contribution < -0.4 is 5.32 Å². The third kappa shape index (κ3) is 2.12. The molecule has 0 aliphatic rings. The Balaban J connectivity index is 2.40. The second-order valence-electron chi connectivity index (χ2n) is 3.69. The molecule has 84 valence electrons. The third-order valence-corrected chi connectivity index (χ3v) is 2.41. The summed E-state index contributed by atoms with van der Waals surface area (Å²) in [7, 11) is 3.73. The summed E-state index contributed by atoms with van der Waals surface area (Å²) in [6.07, 6.45) is 0. The topological polar surface area (TPSA) is 29.9 Å². The van der Waals surface area contributed by atoms with E-state index in [0.29, 0.717) is 6.54 Å². The van der Waals surface area contributed by atoms with Crippen LogP contribution in [0.5, 0.6) is 0 Å². The summed E-state index contributed by atoms with van der Waals surface area (Å²) in [6.45, 7) is 0.711. The fraction of sp³-hybridized carbons (Fsp3) is 0.250. The van der Waals surface area contributed by atoms with Gasteiger partial charge in [-0.15, -0.1) is 0 Å². The highest BCUT2D eigenvalue weighted by atomic mass is 19.1. The maximum Gasteiger partial charge on any atom is 0.123 e. The van der Waals surface area contributed by atoms with Gasteiger partial charge in [-0.1, -0.05) is 12.1 Å². The molecule has 0 fully saturated rings. The average molecular weight is 219 g/mol. The monoisotopic (exact) mass is 219 g/mol. The van der Waals surface area contributed by atoms with E-state index in [0.717, 1.165) is 17.0 Å². The molecule has 2 rings (SSSR count). The lowest BCUT2D eigenvalue weighted by Crippen LogP contribution is -2.05. The molecule has 0 unspecified atom stereocenters. The first-order valence-corrected chi connectivity index (χ1v) is 5.14. The van der Waals surface area contributed by atoms with Crippen LogP contribution in [0, 0.1) is 5.82 Å². The van der Waals surface area contributed by atoms with Gasteiger partial charge in [-0.3, -0.25) is 4.68 Å². The first-order valence-electron chi connectivity index (χ1n) is 5.14. The van der Waals surface area contributed by atoms with Gasteiger partial charge in [-0.25, -0.2) is 4.39 Å². The zero-order valence-electron chi connectivity index (χ0n) is 9.37. The molecule has 0 amide bonds. The molecule has 0 saturated heterocycles. The summed E-state index contributed by atoms with van der Waals surface area (Å²) in [6, 6.07) is 8.50. The van der Waals surface area contributed by atoms with Crippen molar-refractivity contribution in [3.05, 3.63) is 41.8 Å². The van der Waals surface area contributed by atoms with Crippen LogP contribution in [0.4, 0.5) is 4.39 Å². The van der Waals surface area contributed by atoms with Crippen LogP contribution in [-0.2, 0) is 13.6 Å². The highest BCUT2D eigenvalue weighted by Crippen LogP contribution is 2.20. The Morgan fingerprint density at radius 3 is 2.88 bits per heavy atom. The predicted molar refractivity (Wildman–Crippen MR) is 61.4 cm³/mol. The Morgan fingerprint density at radius 1 is 1.38 bits per heavy atom. The molecular weight excluding hydrogens is 205 g/mol. The molecule has 1 aromatic heterocycles. The van der Waals surface area contributed by atoms with E-state index in [2.05, 4.69) is 10.4 Å².